The van der Waals surface area contributed by atoms with Crippen LogP contribution in [-0.2, 0) is 6.42 Å². The smallest absolute Gasteiger partial charge is 0.173 e. The van der Waals surface area contributed by atoms with Gasteiger partial charge in [0, 0.05) is 18.5 Å². The second kappa shape index (κ2) is 2.80. The maximum Gasteiger partial charge on any atom is 0.173 e. The third kappa shape index (κ3) is 1.28. The van der Waals surface area contributed by atoms with Crippen molar-refractivity contribution in [2.24, 2.45) is 0 Å². The summed E-state index contributed by atoms with van der Waals surface area (Å²) >= 11 is 0. The van der Waals surface area contributed by atoms with Crippen LogP contribution in [0.5, 0.6) is 0 Å². The molecule has 0 saturated carbocycles. The first-order valence-electron chi connectivity index (χ1n) is 4.03. The monoisotopic (exact) mass is 182 g/mol. The Balaban J connectivity index is 2.75. The van der Waals surface area contributed by atoms with Gasteiger partial charge in [0.1, 0.15) is 5.82 Å². The van der Waals surface area contributed by atoms with E-state index in [1.165, 1.54) is 10.6 Å². The molecular formula is C9H8F2N2. The Hall–Kier alpha value is -1.45. The minimum absolute atomic E-state index is 0.179. The van der Waals surface area contributed by atoms with Crippen LogP contribution in [0.1, 0.15) is 12.6 Å². The van der Waals surface area contributed by atoms with Gasteiger partial charge < -0.3 is 4.40 Å². The predicted molar refractivity (Wildman–Crippen MR) is 44.5 cm³/mol. The van der Waals surface area contributed by atoms with Crippen LogP contribution in [0.3, 0.4) is 0 Å². The first kappa shape index (κ1) is 8.16. The Kier molecular flexibility index (Phi) is 1.76. The highest BCUT2D eigenvalue weighted by Gasteiger charge is 2.06. The van der Waals surface area contributed by atoms with Gasteiger partial charge in [-0.05, 0) is 6.42 Å². The van der Waals surface area contributed by atoms with Gasteiger partial charge in [-0.2, -0.15) is 0 Å². The number of aryl methyl sites for hydroxylation is 1. The number of pyridine rings is 1. The van der Waals surface area contributed by atoms with Gasteiger partial charge in [-0.15, -0.1) is 0 Å². The van der Waals surface area contributed by atoms with Crippen molar-refractivity contribution < 1.29 is 8.78 Å². The van der Waals surface area contributed by atoms with Crippen LogP contribution < -0.4 is 0 Å². The largest absolute Gasteiger partial charge is 0.301 e. The molecule has 0 radical (unpaired) electrons. The summed E-state index contributed by atoms with van der Waals surface area (Å²) in [6.45, 7) is 1.91. The number of rotatable bonds is 1. The van der Waals surface area contributed by atoms with Gasteiger partial charge in [-0.25, -0.2) is 13.8 Å². The van der Waals surface area contributed by atoms with E-state index in [0.717, 1.165) is 11.8 Å². The van der Waals surface area contributed by atoms with Crippen molar-refractivity contribution in [2.45, 2.75) is 13.3 Å². The van der Waals surface area contributed by atoms with Gasteiger partial charge in [0.2, 0.25) is 0 Å². The van der Waals surface area contributed by atoms with E-state index in [2.05, 4.69) is 4.98 Å². The molecule has 0 bridgehead atoms. The summed E-state index contributed by atoms with van der Waals surface area (Å²) < 4.78 is 27.2. The number of hydrogen-bond acceptors (Lipinski definition) is 1. The SMILES string of the molecule is CCc1cn2cc(F)cc(F)c2n1. The van der Waals surface area contributed by atoms with Crippen LogP contribution >= 0.6 is 0 Å². The zero-order valence-electron chi connectivity index (χ0n) is 7.09. The number of fused-ring (bicyclic) bond motifs is 1. The van der Waals surface area contributed by atoms with E-state index < -0.39 is 11.6 Å². The van der Waals surface area contributed by atoms with Gasteiger partial charge in [-0.1, -0.05) is 6.92 Å². The molecule has 2 heterocycles. The zero-order chi connectivity index (χ0) is 9.42. The Morgan fingerprint density at radius 3 is 2.85 bits per heavy atom. The Labute approximate surface area is 73.8 Å². The molecule has 0 unspecified atom stereocenters. The van der Waals surface area contributed by atoms with Crippen molar-refractivity contribution in [3.8, 4) is 0 Å². The summed E-state index contributed by atoms with van der Waals surface area (Å²) in [5.41, 5.74) is 0.933. The second-order valence-electron chi connectivity index (χ2n) is 2.82. The van der Waals surface area contributed by atoms with E-state index in [-0.39, 0.29) is 5.65 Å². The molecular weight excluding hydrogens is 174 g/mol. The highest BCUT2D eigenvalue weighted by molar-refractivity contribution is 5.41. The molecule has 2 aromatic rings. The highest BCUT2D eigenvalue weighted by atomic mass is 19.1. The molecule has 0 aliphatic carbocycles. The highest BCUT2D eigenvalue weighted by Crippen LogP contribution is 2.11. The van der Waals surface area contributed by atoms with Crippen LogP contribution in [0.15, 0.2) is 18.5 Å². The number of halogens is 2. The van der Waals surface area contributed by atoms with Gasteiger partial charge in [-0.3, -0.25) is 0 Å². The van der Waals surface area contributed by atoms with Crippen molar-refractivity contribution in [1.29, 1.82) is 0 Å². The summed E-state index contributed by atoms with van der Waals surface area (Å²) in [6, 6.07) is 0.835. The molecule has 4 heteroatoms. The van der Waals surface area contributed by atoms with E-state index in [9.17, 15) is 8.78 Å². The number of nitrogens with zero attached hydrogens (tertiary/aromatic N) is 2. The molecule has 0 N–H and O–H groups in total. The summed E-state index contributed by atoms with van der Waals surface area (Å²) in [5, 5.41) is 0. The van der Waals surface area contributed by atoms with Crippen molar-refractivity contribution in [3.05, 3.63) is 35.8 Å². The quantitative estimate of drug-likeness (QED) is 0.660. The zero-order valence-corrected chi connectivity index (χ0v) is 7.09. The fraction of sp³-hybridized carbons (Fsp3) is 0.222. The van der Waals surface area contributed by atoms with Gasteiger partial charge >= 0.3 is 0 Å². The van der Waals surface area contributed by atoms with Gasteiger partial charge in [0.25, 0.3) is 0 Å². The first-order chi connectivity index (χ1) is 6.20. The van der Waals surface area contributed by atoms with Crippen molar-refractivity contribution in [1.82, 2.24) is 9.38 Å². The van der Waals surface area contributed by atoms with Crippen LogP contribution in [0, 0.1) is 11.6 Å². The normalized spacial score (nSPS) is 11.0. The molecule has 0 spiro atoms. The van der Waals surface area contributed by atoms with E-state index in [1.807, 2.05) is 6.92 Å². The van der Waals surface area contributed by atoms with E-state index in [4.69, 9.17) is 0 Å². The van der Waals surface area contributed by atoms with E-state index >= 15 is 0 Å². The Morgan fingerprint density at radius 1 is 1.38 bits per heavy atom. The third-order valence-corrected chi connectivity index (χ3v) is 1.89. The van der Waals surface area contributed by atoms with Crippen LogP contribution in [-0.4, -0.2) is 9.38 Å². The minimum Gasteiger partial charge on any atom is -0.301 e. The van der Waals surface area contributed by atoms with Crippen LogP contribution in [0.25, 0.3) is 5.65 Å². The third-order valence-electron chi connectivity index (χ3n) is 1.89. The molecule has 2 rings (SSSR count). The van der Waals surface area contributed by atoms with E-state index in [0.29, 0.717) is 6.42 Å². The lowest BCUT2D eigenvalue weighted by Crippen LogP contribution is -1.89. The summed E-state index contributed by atoms with van der Waals surface area (Å²) in [7, 11) is 0. The van der Waals surface area contributed by atoms with Crippen molar-refractivity contribution in [2.75, 3.05) is 0 Å². The first-order valence-corrected chi connectivity index (χ1v) is 4.03. The van der Waals surface area contributed by atoms with Crippen molar-refractivity contribution in [3.63, 3.8) is 0 Å². The standard InChI is InChI=1S/C9H8F2N2/c1-2-7-5-13-4-6(10)3-8(11)9(13)12-7/h3-5H,2H2,1H3. The van der Waals surface area contributed by atoms with Gasteiger partial charge in [0.15, 0.2) is 11.5 Å². The molecule has 2 nitrogen and oxygen atoms in total. The predicted octanol–water partition coefficient (Wildman–Crippen LogP) is 2.17. The minimum atomic E-state index is -0.625. The molecule has 0 aliphatic rings. The number of aromatic nitrogens is 2. The summed E-state index contributed by atoms with van der Waals surface area (Å²) in [4.78, 5) is 3.99. The van der Waals surface area contributed by atoms with Gasteiger partial charge in [0.05, 0.1) is 5.69 Å². The lowest BCUT2D eigenvalue weighted by Gasteiger charge is -1.93. The fourth-order valence-electron chi connectivity index (χ4n) is 1.25. The Bertz CT molecular complexity index is 448. The molecule has 0 amide bonds. The molecule has 0 aromatic carbocycles. The molecule has 0 saturated heterocycles. The lowest BCUT2D eigenvalue weighted by molar-refractivity contribution is 0.576. The topological polar surface area (TPSA) is 17.3 Å². The number of hydrogen-bond donors (Lipinski definition) is 0. The molecule has 68 valence electrons. The molecule has 0 fully saturated rings. The Morgan fingerprint density at radius 2 is 2.15 bits per heavy atom. The summed E-state index contributed by atoms with van der Waals surface area (Å²) in [6.07, 6.45) is 3.55. The maximum atomic E-state index is 13.1. The van der Waals surface area contributed by atoms with Crippen molar-refractivity contribution >= 4 is 5.65 Å². The fourth-order valence-corrected chi connectivity index (χ4v) is 1.25. The average molecular weight is 182 g/mol. The second-order valence-corrected chi connectivity index (χ2v) is 2.82. The molecule has 2 aromatic heterocycles. The number of imidazole rings is 1. The maximum absolute atomic E-state index is 13.1. The lowest BCUT2D eigenvalue weighted by atomic mass is 10.4. The summed E-state index contributed by atoms with van der Waals surface area (Å²) in [5.74, 6) is -1.22. The molecule has 13 heavy (non-hydrogen) atoms. The van der Waals surface area contributed by atoms with E-state index in [1.54, 1.807) is 6.20 Å². The molecule has 0 aliphatic heterocycles. The molecule has 0 atom stereocenters. The van der Waals surface area contributed by atoms with Crippen LogP contribution in [0.4, 0.5) is 8.78 Å². The van der Waals surface area contributed by atoms with Crippen LogP contribution in [0.2, 0.25) is 0 Å². The average Bonchev–Trinajstić information content (AvgIpc) is 2.47.